The zero-order chi connectivity index (χ0) is 20.2. The molecule has 0 fully saturated rings. The number of ether oxygens (including phenoxy) is 1. The molecule has 0 saturated heterocycles. The van der Waals surface area contributed by atoms with E-state index in [4.69, 9.17) is 4.74 Å². The van der Waals surface area contributed by atoms with Gasteiger partial charge in [0, 0.05) is 0 Å². The van der Waals surface area contributed by atoms with Crippen LogP contribution in [0.3, 0.4) is 0 Å². The van der Waals surface area contributed by atoms with E-state index >= 15 is 0 Å². The first kappa shape index (κ1) is 21.7. The molecule has 0 spiro atoms. The van der Waals surface area contributed by atoms with Crippen LogP contribution in [0.1, 0.15) is 59.6 Å². The molecule has 0 amide bonds. The normalized spacial score (nSPS) is 21.6. The third-order valence-electron chi connectivity index (χ3n) is 6.92. The van der Waals surface area contributed by atoms with Crippen molar-refractivity contribution in [2.75, 3.05) is 7.11 Å². The van der Waals surface area contributed by atoms with Crippen molar-refractivity contribution < 1.29 is 25.2 Å². The maximum atomic E-state index is 6.08. The molecule has 1 nitrogen and oxygen atoms in total. The van der Waals surface area contributed by atoms with Gasteiger partial charge < -0.3 is 0 Å². The first-order valence-electron chi connectivity index (χ1n) is 9.52. The third kappa shape index (κ3) is 3.02. The molecule has 1 aliphatic rings. The molecule has 141 valence electrons. The molecule has 3 heteroatoms. The Hall–Kier alpha value is -0.569. The predicted molar refractivity (Wildman–Crippen MR) is 113 cm³/mol. The van der Waals surface area contributed by atoms with Crippen molar-refractivity contribution in [3.63, 3.8) is 0 Å². The maximum absolute atomic E-state index is 6.08. The molecule has 1 aliphatic carbocycles. The molecule has 0 bridgehead atoms. The summed E-state index contributed by atoms with van der Waals surface area (Å²) >= 11 is 2.34. The van der Waals surface area contributed by atoms with Crippen molar-refractivity contribution in [2.24, 2.45) is 0 Å². The second-order valence-corrected chi connectivity index (χ2v) is 15.2. The van der Waals surface area contributed by atoms with Crippen molar-refractivity contribution in [3.8, 4) is 5.75 Å². The molecule has 0 aromatic heterocycles. The summed E-state index contributed by atoms with van der Waals surface area (Å²) in [7, 11) is -0.0882. The fourth-order valence-corrected chi connectivity index (χ4v) is 10.4. The monoisotopic (exact) mass is 403 g/mol. The van der Waals surface area contributed by atoms with E-state index in [1.807, 2.05) is 7.11 Å². The SMILES string of the molecule is COc1c(C(C)(C)C)cc(C)cc1[Si](C)(C)C1(C)C(C)=C(C)C(C)=[C]1[Ti]. The van der Waals surface area contributed by atoms with Gasteiger partial charge in [0.1, 0.15) is 0 Å². The first-order valence-corrected chi connectivity index (χ1v) is 13.3. The molecule has 0 N–H and O–H groups in total. The minimum atomic E-state index is -1.93. The second-order valence-electron chi connectivity index (χ2n) is 9.64. The van der Waals surface area contributed by atoms with E-state index in [1.54, 1.807) is 9.45 Å². The zero-order valence-corrected chi connectivity index (χ0v) is 21.1. The molecule has 0 heterocycles. The summed E-state index contributed by atoms with van der Waals surface area (Å²) < 4.78 is 7.62. The molecule has 26 heavy (non-hydrogen) atoms. The fraction of sp³-hybridized carbons (Fsp3) is 0.565. The molecule has 1 unspecified atom stereocenters. The van der Waals surface area contributed by atoms with Crippen molar-refractivity contribution in [1.82, 2.24) is 0 Å². The van der Waals surface area contributed by atoms with Gasteiger partial charge in [-0.2, -0.15) is 0 Å². The van der Waals surface area contributed by atoms with E-state index in [9.17, 15) is 0 Å². The van der Waals surface area contributed by atoms with Gasteiger partial charge in [-0.1, -0.05) is 0 Å². The van der Waals surface area contributed by atoms with E-state index < -0.39 is 8.07 Å². The Morgan fingerprint density at radius 1 is 1.00 bits per heavy atom. The Labute approximate surface area is 173 Å². The van der Waals surface area contributed by atoms with Gasteiger partial charge in [0.05, 0.1) is 0 Å². The Morgan fingerprint density at radius 3 is 1.92 bits per heavy atom. The van der Waals surface area contributed by atoms with Crippen LogP contribution >= 0.6 is 0 Å². The van der Waals surface area contributed by atoms with Gasteiger partial charge in [0.25, 0.3) is 0 Å². The number of aryl methyl sites for hydroxylation is 1. The van der Waals surface area contributed by atoms with Crippen molar-refractivity contribution in [2.45, 2.75) is 78.9 Å². The van der Waals surface area contributed by atoms with Crippen LogP contribution in [0.25, 0.3) is 0 Å². The second kappa shape index (κ2) is 6.79. The minimum absolute atomic E-state index is 0.0643. The average molecular weight is 403 g/mol. The van der Waals surface area contributed by atoms with Gasteiger partial charge in [-0.05, 0) is 0 Å². The van der Waals surface area contributed by atoms with Gasteiger partial charge >= 0.3 is 174 Å². The Morgan fingerprint density at radius 2 is 1.54 bits per heavy atom. The van der Waals surface area contributed by atoms with Crippen molar-refractivity contribution in [3.05, 3.63) is 43.9 Å². The standard InChI is InChI=1S/C23H35OSi.Ti/c1-15-12-19(22(5,6)7)21(24-9)20(13-15)25(10,11)23(8)14-16(2)17(3)18(23)4;/h12-13H,1-11H3;. The van der Waals surface area contributed by atoms with Crippen LogP contribution in [-0.4, -0.2) is 15.2 Å². The predicted octanol–water partition coefficient (Wildman–Crippen LogP) is 6.15. The van der Waals surface area contributed by atoms with Crippen molar-refractivity contribution in [1.29, 1.82) is 0 Å². The molecule has 0 saturated carbocycles. The molecule has 1 aromatic rings. The van der Waals surface area contributed by atoms with Crippen LogP contribution in [0.4, 0.5) is 0 Å². The topological polar surface area (TPSA) is 9.23 Å². The average Bonchev–Trinajstić information content (AvgIpc) is 2.69. The third-order valence-corrected chi connectivity index (χ3v) is 13.5. The molecule has 2 rings (SSSR count). The van der Waals surface area contributed by atoms with E-state index in [2.05, 4.69) is 101 Å². The molecule has 1 atom stereocenters. The number of hydrogen-bond acceptors (Lipinski definition) is 1. The number of benzene rings is 1. The van der Waals surface area contributed by atoms with Crippen LogP contribution in [0, 0.1) is 6.92 Å². The van der Waals surface area contributed by atoms with Gasteiger partial charge in [0.2, 0.25) is 0 Å². The van der Waals surface area contributed by atoms with Gasteiger partial charge in [-0.3, -0.25) is 0 Å². The number of rotatable bonds is 3. The number of methoxy groups -OCH3 is 1. The summed E-state index contributed by atoms with van der Waals surface area (Å²) in [5.74, 6) is 1.11. The van der Waals surface area contributed by atoms with Gasteiger partial charge in [-0.25, -0.2) is 0 Å². The summed E-state index contributed by atoms with van der Waals surface area (Å²) in [4.78, 5) is 0. The van der Waals surface area contributed by atoms with E-state index in [0.717, 1.165) is 5.75 Å². The van der Waals surface area contributed by atoms with Crippen LogP contribution < -0.4 is 9.92 Å². The summed E-state index contributed by atoms with van der Waals surface area (Å²) in [5.41, 5.74) is 7.24. The van der Waals surface area contributed by atoms with Crippen LogP contribution in [-0.2, 0) is 25.9 Å². The number of allylic oxidation sites excluding steroid dienone is 4. The molecular formula is C23H35OSiTi. The molecule has 0 aliphatic heterocycles. The molecule has 0 radical (unpaired) electrons. The molecule has 1 aromatic carbocycles. The zero-order valence-electron chi connectivity index (χ0n) is 18.6. The number of hydrogen-bond donors (Lipinski definition) is 0. The summed E-state index contributed by atoms with van der Waals surface area (Å²) in [6, 6.07) is 4.71. The Kier molecular flexibility index (Phi) is 5.68. The Balaban J connectivity index is 2.86. The van der Waals surface area contributed by atoms with Crippen LogP contribution in [0.2, 0.25) is 18.1 Å². The first-order chi connectivity index (χ1) is 11.7. The van der Waals surface area contributed by atoms with Crippen LogP contribution in [0.5, 0.6) is 5.75 Å². The van der Waals surface area contributed by atoms with Crippen molar-refractivity contribution >= 4 is 13.3 Å². The van der Waals surface area contributed by atoms with E-state index in [-0.39, 0.29) is 10.5 Å². The van der Waals surface area contributed by atoms with Gasteiger partial charge in [0.15, 0.2) is 0 Å². The summed E-state index contributed by atoms with van der Waals surface area (Å²) in [6.45, 7) is 23.5. The van der Waals surface area contributed by atoms with Crippen LogP contribution in [0.15, 0.2) is 32.7 Å². The van der Waals surface area contributed by atoms with Gasteiger partial charge in [-0.15, -0.1) is 0 Å². The summed E-state index contributed by atoms with van der Waals surface area (Å²) in [5, 5.41) is 1.57. The summed E-state index contributed by atoms with van der Waals surface area (Å²) in [6.07, 6.45) is 0. The molecular weight excluding hydrogens is 368 g/mol. The van der Waals surface area contributed by atoms with E-state index in [1.165, 1.54) is 27.5 Å². The van der Waals surface area contributed by atoms with E-state index in [0.29, 0.717) is 0 Å². The Bertz CT molecular complexity index is 782. The fourth-order valence-electron chi connectivity index (χ4n) is 4.47. The quantitative estimate of drug-likeness (QED) is 0.550.